The molecule has 13 heteroatoms. The molecule has 2 aliphatic rings. The second-order valence-electron chi connectivity index (χ2n) is 5.21. The van der Waals surface area contributed by atoms with Gasteiger partial charge in [0.2, 0.25) is 0 Å². The summed E-state index contributed by atoms with van der Waals surface area (Å²) in [5, 5.41) is 3.84. The molecule has 27 heavy (non-hydrogen) atoms. The van der Waals surface area contributed by atoms with Crippen molar-refractivity contribution >= 4 is 78.3 Å². The molecule has 0 aliphatic carbocycles. The number of rotatable bonds is 3. The molecule has 0 spiro atoms. The van der Waals surface area contributed by atoms with Crippen molar-refractivity contribution in [1.29, 1.82) is 0 Å². The van der Waals surface area contributed by atoms with E-state index in [4.69, 9.17) is 24.4 Å². The van der Waals surface area contributed by atoms with E-state index < -0.39 is 10.1 Å². The Kier molecular flexibility index (Phi) is 7.42. The van der Waals surface area contributed by atoms with Crippen LogP contribution in [-0.4, -0.2) is 51.0 Å². The molecule has 0 aromatic heterocycles. The van der Waals surface area contributed by atoms with E-state index in [2.05, 4.69) is 0 Å². The van der Waals surface area contributed by atoms with Crippen LogP contribution in [0.2, 0.25) is 0 Å². The molecular weight excluding hydrogens is 457 g/mol. The molecule has 0 radical (unpaired) electrons. The molecule has 0 atom stereocenters. The number of thioether (sulfide) groups is 2. The van der Waals surface area contributed by atoms with Gasteiger partial charge in [0.25, 0.3) is 5.91 Å². The van der Waals surface area contributed by atoms with Crippen molar-refractivity contribution in [2.45, 2.75) is 11.8 Å². The standard InChI is InChI=1S/C14H13N3O4S5.Na/c1-3-16-11(18)10(24-13(16)22)12-15(2)17(14(23)25-12)8-5-4-6-9(7-8)26(19,20)21;/h4-7H,3H2,1-2H3,(H,19,20,21);/q;+1/p-1/b12-10-;. The number of anilines is 1. The monoisotopic (exact) mass is 469 g/mol. The Bertz CT molecular complexity index is 965. The molecule has 1 aromatic rings. The van der Waals surface area contributed by atoms with Crippen LogP contribution in [0.5, 0.6) is 0 Å². The van der Waals surface area contributed by atoms with Crippen LogP contribution in [0.1, 0.15) is 6.92 Å². The van der Waals surface area contributed by atoms with Gasteiger partial charge in [0.05, 0.1) is 10.6 Å². The molecule has 0 bridgehead atoms. The first-order valence-corrected chi connectivity index (χ1v) is 11.1. The number of nitrogens with zero attached hydrogens (tertiary/aromatic N) is 3. The maximum atomic E-state index is 12.6. The van der Waals surface area contributed by atoms with Crippen LogP contribution in [0.4, 0.5) is 5.69 Å². The Hall–Kier alpha value is -0.180. The van der Waals surface area contributed by atoms with E-state index in [-0.39, 0.29) is 40.4 Å². The first kappa shape index (κ1) is 23.1. The zero-order chi connectivity index (χ0) is 19.2. The van der Waals surface area contributed by atoms with Crippen molar-refractivity contribution < 1.29 is 47.3 Å². The van der Waals surface area contributed by atoms with Gasteiger partial charge in [-0.1, -0.05) is 42.3 Å². The maximum Gasteiger partial charge on any atom is 1.00 e. The molecule has 1 amide bonds. The van der Waals surface area contributed by atoms with Crippen LogP contribution in [0.25, 0.3) is 0 Å². The van der Waals surface area contributed by atoms with Gasteiger partial charge in [-0.15, -0.1) is 0 Å². The number of carbonyl (C=O) groups excluding carboxylic acids is 1. The van der Waals surface area contributed by atoms with E-state index in [9.17, 15) is 17.8 Å². The SMILES string of the molecule is CCN1C(=O)/C(=C2/SC(=S)N(c3cccc(S(=O)(=O)[O-])c3)N2C)SC1=S.[Na+]. The van der Waals surface area contributed by atoms with Gasteiger partial charge < -0.3 is 4.55 Å². The van der Waals surface area contributed by atoms with Gasteiger partial charge in [-0.3, -0.25) is 14.7 Å². The van der Waals surface area contributed by atoms with Crippen molar-refractivity contribution in [3.05, 3.63) is 34.2 Å². The normalized spacial score (nSPS) is 20.6. The third-order valence-corrected chi connectivity index (χ3v) is 7.49. The van der Waals surface area contributed by atoms with E-state index in [1.54, 1.807) is 23.1 Å². The molecular formula is C14H12N3NaO4S5. The predicted molar refractivity (Wildman–Crippen MR) is 109 cm³/mol. The van der Waals surface area contributed by atoms with Crippen LogP contribution in [0, 0.1) is 0 Å². The number of hydrogen-bond donors (Lipinski definition) is 0. The van der Waals surface area contributed by atoms with Crippen LogP contribution < -0.4 is 34.6 Å². The summed E-state index contributed by atoms with van der Waals surface area (Å²) in [4.78, 5) is 14.2. The fourth-order valence-corrected chi connectivity index (χ4v) is 5.92. The third-order valence-electron chi connectivity index (χ3n) is 3.66. The second-order valence-corrected chi connectivity index (χ2v) is 9.85. The molecule has 1 aromatic carbocycles. The first-order chi connectivity index (χ1) is 12.1. The summed E-state index contributed by atoms with van der Waals surface area (Å²) in [6.07, 6.45) is 0. The van der Waals surface area contributed by atoms with Crippen molar-refractivity contribution in [3.8, 4) is 0 Å². The van der Waals surface area contributed by atoms with Crippen LogP contribution >= 0.6 is 48.0 Å². The predicted octanol–water partition coefficient (Wildman–Crippen LogP) is -0.671. The molecule has 138 valence electrons. The fraction of sp³-hybridized carbons (Fsp3) is 0.214. The molecule has 3 rings (SSSR count). The number of carbonyl (C=O) groups is 1. The van der Waals surface area contributed by atoms with Gasteiger partial charge in [0.15, 0.2) is 4.32 Å². The van der Waals surface area contributed by atoms with E-state index in [1.165, 1.54) is 46.6 Å². The summed E-state index contributed by atoms with van der Waals surface area (Å²) >= 11 is 13.0. The Morgan fingerprint density at radius 2 is 1.85 bits per heavy atom. The second kappa shape index (κ2) is 8.67. The van der Waals surface area contributed by atoms with E-state index >= 15 is 0 Å². The summed E-state index contributed by atoms with van der Waals surface area (Å²) in [5.41, 5.74) is 0.419. The number of benzene rings is 1. The molecule has 7 nitrogen and oxygen atoms in total. The summed E-state index contributed by atoms with van der Waals surface area (Å²) in [6.45, 7) is 2.32. The Morgan fingerprint density at radius 1 is 1.19 bits per heavy atom. The number of amides is 1. The summed E-state index contributed by atoms with van der Waals surface area (Å²) in [6, 6.07) is 5.59. The Balaban J connectivity index is 0.00000261. The molecule has 2 saturated heterocycles. The number of thiocarbonyl (C=S) groups is 2. The van der Waals surface area contributed by atoms with E-state index in [0.717, 1.165) is 0 Å². The van der Waals surface area contributed by atoms with Gasteiger partial charge in [0.1, 0.15) is 24.4 Å². The number of likely N-dealkylation sites (N-methyl/N-ethyl adjacent to an activating group) is 1. The van der Waals surface area contributed by atoms with Crippen molar-refractivity contribution in [3.63, 3.8) is 0 Å². The van der Waals surface area contributed by atoms with Crippen molar-refractivity contribution in [1.82, 2.24) is 9.91 Å². The minimum Gasteiger partial charge on any atom is -0.744 e. The van der Waals surface area contributed by atoms with E-state index in [0.29, 0.717) is 30.8 Å². The largest absolute Gasteiger partial charge is 1.00 e. The topological polar surface area (TPSA) is 84.0 Å². The maximum absolute atomic E-state index is 12.6. The quantitative estimate of drug-likeness (QED) is 0.246. The van der Waals surface area contributed by atoms with Gasteiger partial charge in [-0.2, -0.15) is 0 Å². The Morgan fingerprint density at radius 3 is 2.41 bits per heavy atom. The average Bonchev–Trinajstić information content (AvgIpc) is 3.02. The fourth-order valence-electron chi connectivity index (χ4n) is 2.45. The van der Waals surface area contributed by atoms with Gasteiger partial charge >= 0.3 is 29.6 Å². The first-order valence-electron chi connectivity index (χ1n) is 7.24. The van der Waals surface area contributed by atoms with Crippen molar-refractivity contribution in [2.24, 2.45) is 0 Å². The zero-order valence-corrected chi connectivity index (χ0v) is 20.6. The minimum absolute atomic E-state index is 0. The van der Waals surface area contributed by atoms with Gasteiger partial charge in [-0.25, -0.2) is 13.4 Å². The van der Waals surface area contributed by atoms with Crippen LogP contribution in [0.15, 0.2) is 39.1 Å². The molecule has 0 saturated carbocycles. The number of hydrazine groups is 1. The zero-order valence-electron chi connectivity index (χ0n) is 14.5. The minimum atomic E-state index is -4.59. The van der Waals surface area contributed by atoms with E-state index in [1.807, 2.05) is 6.92 Å². The Labute approximate surface area is 198 Å². The third kappa shape index (κ3) is 4.38. The van der Waals surface area contributed by atoms with Gasteiger partial charge in [-0.05, 0) is 36.9 Å². The van der Waals surface area contributed by atoms with Crippen LogP contribution in [-0.2, 0) is 14.9 Å². The molecule has 2 fully saturated rings. The molecule has 0 N–H and O–H groups in total. The summed E-state index contributed by atoms with van der Waals surface area (Å²) in [5.74, 6) is -0.183. The summed E-state index contributed by atoms with van der Waals surface area (Å²) in [7, 11) is -2.88. The number of hydrogen-bond acceptors (Lipinski definition) is 9. The molecule has 2 aliphatic heterocycles. The summed E-state index contributed by atoms with van der Waals surface area (Å²) < 4.78 is 34.7. The smallest absolute Gasteiger partial charge is 0.744 e. The average molecular weight is 470 g/mol. The van der Waals surface area contributed by atoms with Gasteiger partial charge in [0, 0.05) is 13.6 Å². The van der Waals surface area contributed by atoms with Crippen LogP contribution in [0.3, 0.4) is 0 Å². The molecule has 2 heterocycles. The van der Waals surface area contributed by atoms with Crippen molar-refractivity contribution in [2.75, 3.05) is 18.6 Å². The molecule has 0 unspecified atom stereocenters.